The number of carbonyl (C=O) groups excluding carboxylic acids is 1. The van der Waals surface area contributed by atoms with Gasteiger partial charge in [0.05, 0.1) is 23.0 Å². The molecule has 6 nitrogen and oxygen atoms in total. The number of nitrogens with zero attached hydrogens (tertiary/aromatic N) is 3. The summed E-state index contributed by atoms with van der Waals surface area (Å²) >= 11 is 7.49. The molecule has 8 heteroatoms. The summed E-state index contributed by atoms with van der Waals surface area (Å²) in [7, 11) is 1.52. The van der Waals surface area contributed by atoms with Crippen molar-refractivity contribution in [2.45, 2.75) is 0 Å². The topological polar surface area (TPSA) is 77.0 Å². The smallest absolute Gasteiger partial charge is 0.276 e. The molecule has 0 unspecified atom stereocenters. The third kappa shape index (κ3) is 3.47. The van der Waals surface area contributed by atoms with Gasteiger partial charge in [-0.15, -0.1) is 11.3 Å². The van der Waals surface area contributed by atoms with Crippen LogP contribution in [0.3, 0.4) is 0 Å². The molecule has 134 valence electrons. The number of hydrogen-bond acceptors (Lipinski definition) is 6. The second kappa shape index (κ2) is 7.30. The summed E-state index contributed by atoms with van der Waals surface area (Å²) in [6.45, 7) is 0. The Labute approximate surface area is 163 Å². The predicted octanol–water partition coefficient (Wildman–Crippen LogP) is 4.67. The van der Waals surface area contributed by atoms with E-state index in [-0.39, 0.29) is 5.69 Å². The average Bonchev–Trinajstić information content (AvgIpc) is 3.12. The summed E-state index contributed by atoms with van der Waals surface area (Å²) < 4.78 is 6.29. The minimum atomic E-state index is -0.419. The third-order valence-electron chi connectivity index (χ3n) is 3.82. The van der Waals surface area contributed by atoms with E-state index >= 15 is 0 Å². The van der Waals surface area contributed by atoms with Gasteiger partial charge in [-0.05, 0) is 30.3 Å². The Morgan fingerprint density at radius 1 is 1.15 bits per heavy atom. The molecule has 2 aromatic heterocycles. The Hall–Kier alpha value is -3.03. The highest BCUT2D eigenvalue weighted by Crippen LogP contribution is 2.31. The molecule has 4 rings (SSSR count). The highest BCUT2D eigenvalue weighted by molar-refractivity contribution is 7.21. The van der Waals surface area contributed by atoms with Crippen LogP contribution in [0.25, 0.3) is 20.9 Å². The molecule has 0 aliphatic rings. The lowest BCUT2D eigenvalue weighted by Crippen LogP contribution is -2.16. The number of fused-ring (bicyclic) bond motifs is 1. The number of halogens is 1. The first kappa shape index (κ1) is 17.4. The number of rotatable bonds is 4. The number of thiazole rings is 1. The van der Waals surface area contributed by atoms with Gasteiger partial charge in [0.1, 0.15) is 16.5 Å². The number of amides is 1. The Balaban J connectivity index is 1.72. The molecular weight excluding hydrogens is 384 g/mol. The Morgan fingerprint density at radius 2 is 1.96 bits per heavy atom. The molecule has 1 N–H and O–H groups in total. The standard InChI is InChI=1S/C19H13ClN4O2S/c1-26-14-7-6-11(20)10-13(14)23-18(25)16-17(22-9-8-21-16)19-24-12-4-2-3-5-15(12)27-19/h2-10H,1H3,(H,23,25). The van der Waals surface area contributed by atoms with Gasteiger partial charge < -0.3 is 10.1 Å². The molecule has 2 heterocycles. The van der Waals surface area contributed by atoms with E-state index in [9.17, 15) is 4.79 Å². The summed E-state index contributed by atoms with van der Waals surface area (Å²) in [5, 5.41) is 3.90. The summed E-state index contributed by atoms with van der Waals surface area (Å²) in [6.07, 6.45) is 3.01. The van der Waals surface area contributed by atoms with Gasteiger partial charge in [-0.2, -0.15) is 0 Å². The molecule has 0 fully saturated rings. The van der Waals surface area contributed by atoms with Gasteiger partial charge in [0.15, 0.2) is 5.69 Å². The van der Waals surface area contributed by atoms with Crippen LogP contribution in [0.1, 0.15) is 10.5 Å². The number of anilines is 1. The molecule has 0 atom stereocenters. The number of methoxy groups -OCH3 is 1. The number of benzene rings is 2. The van der Waals surface area contributed by atoms with E-state index in [0.29, 0.717) is 27.2 Å². The molecule has 0 saturated heterocycles. The summed E-state index contributed by atoms with van der Waals surface area (Å²) in [4.78, 5) is 26.0. The maximum Gasteiger partial charge on any atom is 0.276 e. The van der Waals surface area contributed by atoms with Crippen molar-refractivity contribution < 1.29 is 9.53 Å². The zero-order valence-electron chi connectivity index (χ0n) is 14.1. The van der Waals surface area contributed by atoms with Crippen molar-refractivity contribution >= 4 is 44.7 Å². The van der Waals surface area contributed by atoms with E-state index in [1.165, 1.54) is 30.8 Å². The maximum atomic E-state index is 12.9. The molecule has 1 amide bonds. The van der Waals surface area contributed by atoms with Gasteiger partial charge in [0.25, 0.3) is 5.91 Å². The Bertz CT molecular complexity index is 1110. The van der Waals surface area contributed by atoms with Gasteiger partial charge in [-0.1, -0.05) is 23.7 Å². The number of para-hydroxylation sites is 1. The van der Waals surface area contributed by atoms with E-state index in [1.807, 2.05) is 24.3 Å². The van der Waals surface area contributed by atoms with Crippen LogP contribution in [0, 0.1) is 0 Å². The molecule has 0 radical (unpaired) electrons. The second-order valence-corrected chi connectivity index (χ2v) is 7.01. The zero-order valence-corrected chi connectivity index (χ0v) is 15.7. The average molecular weight is 397 g/mol. The minimum absolute atomic E-state index is 0.179. The summed E-state index contributed by atoms with van der Waals surface area (Å²) in [5.74, 6) is 0.0797. The van der Waals surface area contributed by atoms with Crippen molar-refractivity contribution in [3.8, 4) is 16.5 Å². The van der Waals surface area contributed by atoms with Crippen molar-refractivity contribution in [1.82, 2.24) is 15.0 Å². The lowest BCUT2D eigenvalue weighted by molar-refractivity contribution is 0.102. The van der Waals surface area contributed by atoms with Crippen LogP contribution in [-0.4, -0.2) is 28.0 Å². The molecule has 27 heavy (non-hydrogen) atoms. The van der Waals surface area contributed by atoms with Crippen molar-refractivity contribution in [2.75, 3.05) is 12.4 Å². The highest BCUT2D eigenvalue weighted by Gasteiger charge is 2.20. The molecule has 2 aromatic carbocycles. The third-order valence-corrected chi connectivity index (χ3v) is 5.10. The number of nitrogens with one attached hydrogen (secondary N) is 1. The van der Waals surface area contributed by atoms with E-state index in [2.05, 4.69) is 20.3 Å². The van der Waals surface area contributed by atoms with Gasteiger partial charge in [-0.3, -0.25) is 4.79 Å². The number of aromatic nitrogens is 3. The Morgan fingerprint density at radius 3 is 2.78 bits per heavy atom. The van der Waals surface area contributed by atoms with Crippen molar-refractivity contribution in [1.29, 1.82) is 0 Å². The van der Waals surface area contributed by atoms with E-state index in [0.717, 1.165) is 10.2 Å². The van der Waals surface area contributed by atoms with Crippen LogP contribution >= 0.6 is 22.9 Å². The number of hydrogen-bond donors (Lipinski definition) is 1. The predicted molar refractivity (Wildman–Crippen MR) is 107 cm³/mol. The van der Waals surface area contributed by atoms with Crippen LogP contribution in [0.15, 0.2) is 54.9 Å². The highest BCUT2D eigenvalue weighted by atomic mass is 35.5. The monoisotopic (exact) mass is 396 g/mol. The van der Waals surface area contributed by atoms with Gasteiger partial charge in [0, 0.05) is 17.4 Å². The van der Waals surface area contributed by atoms with Crippen molar-refractivity contribution in [2.24, 2.45) is 0 Å². The summed E-state index contributed by atoms with van der Waals surface area (Å²) in [5.41, 5.74) is 1.91. The molecule has 0 aliphatic heterocycles. The lowest BCUT2D eigenvalue weighted by atomic mass is 10.2. The van der Waals surface area contributed by atoms with E-state index < -0.39 is 5.91 Å². The fourth-order valence-corrected chi connectivity index (χ4v) is 3.73. The summed E-state index contributed by atoms with van der Waals surface area (Å²) in [6, 6.07) is 12.7. The van der Waals surface area contributed by atoms with Crippen LogP contribution < -0.4 is 10.1 Å². The number of carbonyl (C=O) groups is 1. The molecule has 0 saturated carbocycles. The lowest BCUT2D eigenvalue weighted by Gasteiger charge is -2.11. The van der Waals surface area contributed by atoms with Gasteiger partial charge >= 0.3 is 0 Å². The minimum Gasteiger partial charge on any atom is -0.495 e. The molecule has 0 spiro atoms. The second-order valence-electron chi connectivity index (χ2n) is 5.54. The van der Waals surface area contributed by atoms with Crippen LogP contribution in [-0.2, 0) is 0 Å². The maximum absolute atomic E-state index is 12.9. The normalized spacial score (nSPS) is 10.7. The largest absolute Gasteiger partial charge is 0.495 e. The first-order valence-corrected chi connectivity index (χ1v) is 9.17. The fraction of sp³-hybridized carbons (Fsp3) is 0.0526. The van der Waals surface area contributed by atoms with Crippen molar-refractivity contribution in [3.63, 3.8) is 0 Å². The van der Waals surface area contributed by atoms with Crippen LogP contribution in [0.5, 0.6) is 5.75 Å². The van der Waals surface area contributed by atoms with Gasteiger partial charge in [-0.25, -0.2) is 15.0 Å². The first-order valence-electron chi connectivity index (χ1n) is 7.97. The quantitative estimate of drug-likeness (QED) is 0.542. The molecular formula is C19H13ClN4O2S. The molecule has 4 aromatic rings. The van der Waals surface area contributed by atoms with Crippen LogP contribution in [0.4, 0.5) is 5.69 Å². The zero-order chi connectivity index (χ0) is 18.8. The van der Waals surface area contributed by atoms with Crippen molar-refractivity contribution in [3.05, 3.63) is 65.6 Å². The van der Waals surface area contributed by atoms with Crippen LogP contribution in [0.2, 0.25) is 5.02 Å². The Kier molecular flexibility index (Phi) is 4.70. The number of ether oxygens (including phenoxy) is 1. The molecule has 0 aliphatic carbocycles. The van der Waals surface area contributed by atoms with Gasteiger partial charge in [0.2, 0.25) is 0 Å². The van der Waals surface area contributed by atoms with E-state index in [4.69, 9.17) is 16.3 Å². The fourth-order valence-electron chi connectivity index (χ4n) is 2.59. The first-order chi connectivity index (χ1) is 13.2. The SMILES string of the molecule is COc1ccc(Cl)cc1NC(=O)c1nccnc1-c1nc2ccccc2s1. The molecule has 0 bridgehead atoms. The van der Waals surface area contributed by atoms with E-state index in [1.54, 1.807) is 18.2 Å².